The Balaban J connectivity index is 1.51. The lowest BCUT2D eigenvalue weighted by Gasteiger charge is -2.32. The van der Waals surface area contributed by atoms with Gasteiger partial charge >= 0.3 is 0 Å². The lowest BCUT2D eigenvalue weighted by atomic mass is 9.91. The van der Waals surface area contributed by atoms with E-state index < -0.39 is 0 Å². The molecule has 166 valence electrons. The van der Waals surface area contributed by atoms with E-state index in [-0.39, 0.29) is 34.8 Å². The van der Waals surface area contributed by atoms with Gasteiger partial charge < -0.3 is 0 Å². The highest BCUT2D eigenvalue weighted by Gasteiger charge is 2.59. The van der Waals surface area contributed by atoms with E-state index in [1.807, 2.05) is 30.3 Å². The van der Waals surface area contributed by atoms with E-state index in [2.05, 4.69) is 77.7 Å². The molecule has 2 aliphatic rings. The topological polar surface area (TPSA) is 58.5 Å². The molecule has 5 atom stereocenters. The maximum absolute atomic E-state index is 11.2. The van der Waals surface area contributed by atoms with Crippen molar-refractivity contribution in [3.05, 3.63) is 148 Å². The highest BCUT2D eigenvalue weighted by Crippen LogP contribution is 2.58. The summed E-state index contributed by atoms with van der Waals surface area (Å²) in [7, 11) is 0. The SMILES string of the molecule is O=[N+]([O-])c1ccc(C2=N[C@@H](c3ccccc3)[C@H](c3ccccc3)N3[C@@H]2[C@@H]3c2ccccc2)cc1. The molecule has 1 unspecified atom stereocenters. The molecule has 0 spiro atoms. The van der Waals surface area contributed by atoms with Crippen LogP contribution < -0.4 is 0 Å². The van der Waals surface area contributed by atoms with Crippen molar-refractivity contribution in [2.45, 2.75) is 24.2 Å². The monoisotopic (exact) mass is 445 g/mol. The molecule has 0 bridgehead atoms. The minimum Gasteiger partial charge on any atom is -0.277 e. The molecule has 2 aliphatic heterocycles. The smallest absolute Gasteiger partial charge is 0.269 e. The van der Waals surface area contributed by atoms with Crippen LogP contribution in [0, 0.1) is 10.1 Å². The van der Waals surface area contributed by atoms with E-state index in [1.54, 1.807) is 12.1 Å². The Labute approximate surface area is 198 Å². The molecule has 34 heavy (non-hydrogen) atoms. The summed E-state index contributed by atoms with van der Waals surface area (Å²) in [5, 5.41) is 11.2. The lowest BCUT2D eigenvalue weighted by Crippen LogP contribution is -2.29. The zero-order valence-corrected chi connectivity index (χ0v) is 18.4. The number of non-ortho nitro benzene ring substituents is 1. The number of nitro benzene ring substituents is 1. The van der Waals surface area contributed by atoms with Crippen LogP contribution in [0.3, 0.4) is 0 Å². The van der Waals surface area contributed by atoms with Crippen LogP contribution in [-0.2, 0) is 0 Å². The second-order valence-corrected chi connectivity index (χ2v) is 8.78. The van der Waals surface area contributed by atoms with Crippen LogP contribution >= 0.6 is 0 Å². The Morgan fingerprint density at radius 1 is 0.618 bits per heavy atom. The molecule has 0 aromatic heterocycles. The van der Waals surface area contributed by atoms with E-state index in [4.69, 9.17) is 4.99 Å². The van der Waals surface area contributed by atoms with Crippen LogP contribution in [0.2, 0.25) is 0 Å². The first-order chi connectivity index (χ1) is 16.7. The number of nitrogens with zero attached hydrogens (tertiary/aromatic N) is 3. The van der Waals surface area contributed by atoms with Crippen molar-refractivity contribution in [3.63, 3.8) is 0 Å². The minimum atomic E-state index is -0.360. The third-order valence-corrected chi connectivity index (χ3v) is 6.83. The van der Waals surface area contributed by atoms with Gasteiger partial charge in [-0.3, -0.25) is 20.0 Å². The number of hydrogen-bond donors (Lipinski definition) is 0. The molecule has 5 heteroatoms. The second-order valence-electron chi connectivity index (χ2n) is 8.78. The van der Waals surface area contributed by atoms with Crippen molar-refractivity contribution in [2.75, 3.05) is 0 Å². The molecule has 4 aromatic rings. The fraction of sp³-hybridized carbons (Fsp3) is 0.138. The van der Waals surface area contributed by atoms with Crippen LogP contribution in [0.4, 0.5) is 5.69 Å². The van der Waals surface area contributed by atoms with E-state index >= 15 is 0 Å². The Kier molecular flexibility index (Phi) is 5.04. The molecular formula is C29H23N3O2. The second kappa shape index (κ2) is 8.36. The van der Waals surface area contributed by atoms with Gasteiger partial charge in [0.25, 0.3) is 5.69 Å². The molecule has 0 amide bonds. The first-order valence-corrected chi connectivity index (χ1v) is 11.5. The highest BCUT2D eigenvalue weighted by molar-refractivity contribution is 6.07. The van der Waals surface area contributed by atoms with Crippen molar-refractivity contribution < 1.29 is 4.92 Å². The molecule has 2 heterocycles. The van der Waals surface area contributed by atoms with Crippen molar-refractivity contribution in [3.8, 4) is 0 Å². The molecule has 0 aliphatic carbocycles. The van der Waals surface area contributed by atoms with Gasteiger partial charge in [-0.25, -0.2) is 0 Å². The van der Waals surface area contributed by atoms with Gasteiger partial charge in [0.05, 0.1) is 34.8 Å². The van der Waals surface area contributed by atoms with Crippen molar-refractivity contribution in [1.29, 1.82) is 0 Å². The van der Waals surface area contributed by atoms with Gasteiger partial charge in [0.15, 0.2) is 0 Å². The van der Waals surface area contributed by atoms with E-state index in [0.717, 1.165) is 16.8 Å². The maximum atomic E-state index is 11.2. The Morgan fingerprint density at radius 3 is 1.65 bits per heavy atom. The first-order valence-electron chi connectivity index (χ1n) is 11.5. The molecule has 5 nitrogen and oxygen atoms in total. The normalized spacial score (nSPS) is 25.2. The van der Waals surface area contributed by atoms with Crippen LogP contribution in [0.25, 0.3) is 0 Å². The number of nitro groups is 1. The summed E-state index contributed by atoms with van der Waals surface area (Å²) in [4.78, 5) is 18.7. The number of fused-ring (bicyclic) bond motifs is 1. The summed E-state index contributed by atoms with van der Waals surface area (Å²) in [6.07, 6.45) is 0. The zero-order chi connectivity index (χ0) is 23.1. The van der Waals surface area contributed by atoms with Crippen LogP contribution in [0.5, 0.6) is 0 Å². The molecule has 0 saturated carbocycles. The Hall–Kier alpha value is -4.09. The van der Waals surface area contributed by atoms with E-state index in [0.29, 0.717) is 0 Å². The Bertz CT molecular complexity index is 1340. The van der Waals surface area contributed by atoms with Gasteiger partial charge in [-0.1, -0.05) is 91.0 Å². The van der Waals surface area contributed by atoms with Gasteiger partial charge in [0.2, 0.25) is 0 Å². The largest absolute Gasteiger partial charge is 0.277 e. The summed E-state index contributed by atoms with van der Waals surface area (Å²) in [5.41, 5.74) is 5.68. The molecule has 6 rings (SSSR count). The summed E-state index contributed by atoms with van der Waals surface area (Å²) in [6.45, 7) is 0. The summed E-state index contributed by atoms with van der Waals surface area (Å²) in [6, 6.07) is 38.7. The molecule has 4 aromatic carbocycles. The highest BCUT2D eigenvalue weighted by atomic mass is 16.6. The minimum absolute atomic E-state index is 0.0845. The zero-order valence-electron chi connectivity index (χ0n) is 18.4. The number of aliphatic imine (C=N–C) groups is 1. The fourth-order valence-corrected chi connectivity index (χ4v) is 5.26. The first kappa shape index (κ1) is 20.5. The average Bonchev–Trinajstić information content (AvgIpc) is 3.65. The van der Waals surface area contributed by atoms with Gasteiger partial charge in [-0.15, -0.1) is 0 Å². The molecule has 0 N–H and O–H groups in total. The predicted molar refractivity (Wildman–Crippen MR) is 133 cm³/mol. The summed E-state index contributed by atoms with van der Waals surface area (Å²) in [5.74, 6) is 0. The third-order valence-electron chi connectivity index (χ3n) is 6.83. The maximum Gasteiger partial charge on any atom is 0.269 e. The van der Waals surface area contributed by atoms with Crippen molar-refractivity contribution in [2.24, 2.45) is 4.99 Å². The third kappa shape index (κ3) is 3.51. The fourth-order valence-electron chi connectivity index (χ4n) is 5.26. The quantitative estimate of drug-likeness (QED) is 0.206. The Morgan fingerprint density at radius 2 is 1.12 bits per heavy atom. The van der Waals surface area contributed by atoms with E-state index in [9.17, 15) is 10.1 Å². The molecular weight excluding hydrogens is 422 g/mol. The van der Waals surface area contributed by atoms with Gasteiger partial charge in [0, 0.05) is 12.1 Å². The van der Waals surface area contributed by atoms with E-state index in [1.165, 1.54) is 11.1 Å². The standard InChI is InChI=1S/C29H23N3O2/c33-32(34)24-18-16-21(17-19-24)26-29-28(23-14-8-3-9-15-23)31(29)27(22-12-6-2-7-13-22)25(30-26)20-10-4-1-5-11-20/h1-19,25,27-29H/t25-,27-,28-,29-,31?/m0/s1. The summed E-state index contributed by atoms with van der Waals surface area (Å²) < 4.78 is 0. The van der Waals surface area contributed by atoms with Gasteiger partial charge in [-0.05, 0) is 34.4 Å². The van der Waals surface area contributed by atoms with Crippen molar-refractivity contribution >= 4 is 11.4 Å². The number of hydrogen-bond acceptors (Lipinski definition) is 4. The molecule has 1 saturated heterocycles. The molecule has 1 fully saturated rings. The summed E-state index contributed by atoms with van der Waals surface area (Å²) >= 11 is 0. The predicted octanol–water partition coefficient (Wildman–Crippen LogP) is 6.31. The lowest BCUT2D eigenvalue weighted by molar-refractivity contribution is -0.384. The van der Waals surface area contributed by atoms with Crippen LogP contribution in [0.15, 0.2) is 120 Å². The van der Waals surface area contributed by atoms with Gasteiger partial charge in [0.1, 0.15) is 0 Å². The van der Waals surface area contributed by atoms with Gasteiger partial charge in [-0.2, -0.15) is 0 Å². The number of rotatable bonds is 5. The molecule has 0 radical (unpaired) electrons. The van der Waals surface area contributed by atoms with Crippen LogP contribution in [-0.4, -0.2) is 21.6 Å². The number of benzene rings is 4. The van der Waals surface area contributed by atoms with Crippen LogP contribution in [0.1, 0.15) is 40.4 Å². The van der Waals surface area contributed by atoms with Crippen molar-refractivity contribution in [1.82, 2.24) is 4.90 Å². The average molecular weight is 446 g/mol.